The van der Waals surface area contributed by atoms with Crippen molar-refractivity contribution in [3.05, 3.63) is 18.5 Å². The lowest BCUT2D eigenvalue weighted by Gasteiger charge is -1.78. The highest BCUT2D eigenvalue weighted by Gasteiger charge is 2.01. The number of hydrogen-bond donors (Lipinski definition) is 1. The Bertz CT molecular complexity index is 253. The van der Waals surface area contributed by atoms with Crippen molar-refractivity contribution in [1.29, 1.82) is 0 Å². The second-order valence-corrected chi connectivity index (χ2v) is 1.74. The van der Waals surface area contributed by atoms with Gasteiger partial charge in [0.15, 0.2) is 0 Å². The molecule has 0 aliphatic heterocycles. The third-order valence-corrected chi connectivity index (χ3v) is 1.12. The maximum atomic E-state index is 4.61. The molecule has 2 heterocycles. The van der Waals surface area contributed by atoms with E-state index in [9.17, 15) is 0 Å². The van der Waals surface area contributed by atoms with E-state index < -0.39 is 0 Å². The molecule has 0 radical (unpaired) electrons. The number of nitrogens with zero attached hydrogens (tertiary/aromatic N) is 3. The van der Waals surface area contributed by atoms with Gasteiger partial charge in [-0.05, 0) is 0 Å². The summed E-state index contributed by atoms with van der Waals surface area (Å²) >= 11 is 0. The van der Waals surface area contributed by atoms with Gasteiger partial charge in [-0.2, -0.15) is 0 Å². The largest absolute Gasteiger partial charge is 0.364 e. The van der Waals surface area contributed by atoms with Crippen LogP contribution in [0.25, 0.3) is 11.4 Å². The third kappa shape index (κ3) is 0.680. The zero-order valence-corrected chi connectivity index (χ0v) is 4.98. The van der Waals surface area contributed by atoms with Crippen molar-refractivity contribution >= 4 is 0 Å². The molecule has 0 saturated heterocycles. The predicted molar refractivity (Wildman–Crippen MR) is 31.9 cm³/mol. The van der Waals surface area contributed by atoms with Crippen LogP contribution in [-0.2, 0) is 0 Å². The Balaban J connectivity index is 2.48. The molecule has 5 heteroatoms. The second kappa shape index (κ2) is 1.94. The number of aromatic nitrogens is 4. The molecule has 2 rings (SSSR count). The SMILES string of the molecule is c1cc(-c2c[nH]nn2)no1. The van der Waals surface area contributed by atoms with E-state index >= 15 is 0 Å². The molecule has 0 fully saturated rings. The molecule has 0 amide bonds. The standard InChI is InChI=1S/C5H4N4O/c1-2-10-8-4(1)5-3-6-9-7-5/h1-3H,(H,6,7,9). The van der Waals surface area contributed by atoms with Crippen LogP contribution in [0.2, 0.25) is 0 Å². The molecule has 10 heavy (non-hydrogen) atoms. The van der Waals surface area contributed by atoms with Crippen molar-refractivity contribution in [2.45, 2.75) is 0 Å². The van der Waals surface area contributed by atoms with Gasteiger partial charge < -0.3 is 4.52 Å². The van der Waals surface area contributed by atoms with Gasteiger partial charge in [-0.1, -0.05) is 10.4 Å². The first-order chi connectivity index (χ1) is 4.97. The summed E-state index contributed by atoms with van der Waals surface area (Å²) in [4.78, 5) is 0. The molecule has 0 saturated carbocycles. The highest BCUT2D eigenvalue weighted by atomic mass is 16.5. The lowest BCUT2D eigenvalue weighted by Crippen LogP contribution is -1.75. The van der Waals surface area contributed by atoms with Gasteiger partial charge in [0.2, 0.25) is 0 Å². The summed E-state index contributed by atoms with van der Waals surface area (Å²) in [6, 6.07) is 1.72. The molecule has 0 unspecified atom stereocenters. The average molecular weight is 136 g/mol. The molecule has 0 bridgehead atoms. The van der Waals surface area contributed by atoms with Gasteiger partial charge in [-0.15, -0.1) is 5.10 Å². The minimum atomic E-state index is 0.689. The van der Waals surface area contributed by atoms with Gasteiger partial charge >= 0.3 is 0 Å². The van der Waals surface area contributed by atoms with Crippen LogP contribution in [0.3, 0.4) is 0 Å². The summed E-state index contributed by atoms with van der Waals surface area (Å²) in [5.41, 5.74) is 1.38. The number of hydrogen-bond acceptors (Lipinski definition) is 4. The number of nitrogens with one attached hydrogen (secondary N) is 1. The highest BCUT2D eigenvalue weighted by molar-refractivity contribution is 5.49. The maximum absolute atomic E-state index is 4.61. The topological polar surface area (TPSA) is 67.6 Å². The molecule has 0 aliphatic rings. The van der Waals surface area contributed by atoms with Crippen LogP contribution in [0.15, 0.2) is 23.0 Å². The Morgan fingerprint density at radius 3 is 3.00 bits per heavy atom. The number of rotatable bonds is 1. The quantitative estimate of drug-likeness (QED) is 0.618. The van der Waals surface area contributed by atoms with Gasteiger partial charge in [-0.25, -0.2) is 0 Å². The third-order valence-electron chi connectivity index (χ3n) is 1.12. The Hall–Kier alpha value is -1.65. The first kappa shape index (κ1) is 5.16. The van der Waals surface area contributed by atoms with Crippen LogP contribution in [-0.4, -0.2) is 20.6 Å². The average Bonchev–Trinajstić information content (AvgIpc) is 2.59. The van der Waals surface area contributed by atoms with Crippen molar-refractivity contribution in [3.8, 4) is 11.4 Å². The van der Waals surface area contributed by atoms with E-state index in [4.69, 9.17) is 0 Å². The van der Waals surface area contributed by atoms with Crippen LogP contribution < -0.4 is 0 Å². The molecule has 2 aromatic heterocycles. The van der Waals surface area contributed by atoms with Crippen molar-refractivity contribution < 1.29 is 4.52 Å². The molecule has 0 aromatic carbocycles. The fourth-order valence-corrected chi connectivity index (χ4v) is 0.671. The monoisotopic (exact) mass is 136 g/mol. The zero-order chi connectivity index (χ0) is 6.81. The van der Waals surface area contributed by atoms with Gasteiger partial charge in [0, 0.05) is 6.07 Å². The fraction of sp³-hybridized carbons (Fsp3) is 0. The molecule has 0 atom stereocenters. The Kier molecular flexibility index (Phi) is 1.00. The Morgan fingerprint density at radius 1 is 1.40 bits per heavy atom. The van der Waals surface area contributed by atoms with Crippen molar-refractivity contribution in [3.63, 3.8) is 0 Å². The second-order valence-electron chi connectivity index (χ2n) is 1.74. The molecule has 0 spiro atoms. The van der Waals surface area contributed by atoms with E-state index in [0.29, 0.717) is 11.4 Å². The molecular formula is C5H4N4O. The summed E-state index contributed by atoms with van der Waals surface area (Å²) < 4.78 is 4.61. The zero-order valence-electron chi connectivity index (χ0n) is 4.98. The number of H-pyrrole nitrogens is 1. The summed E-state index contributed by atoms with van der Waals surface area (Å²) in [5.74, 6) is 0. The first-order valence-corrected chi connectivity index (χ1v) is 2.74. The van der Waals surface area contributed by atoms with Gasteiger partial charge in [-0.3, -0.25) is 5.10 Å². The van der Waals surface area contributed by atoms with Crippen LogP contribution in [0.4, 0.5) is 0 Å². The summed E-state index contributed by atoms with van der Waals surface area (Å²) in [5, 5.41) is 13.5. The summed E-state index contributed by atoms with van der Waals surface area (Å²) in [6.45, 7) is 0. The van der Waals surface area contributed by atoms with E-state index in [1.165, 1.54) is 6.26 Å². The first-order valence-electron chi connectivity index (χ1n) is 2.74. The van der Waals surface area contributed by atoms with Gasteiger partial charge in [0.25, 0.3) is 0 Å². The smallest absolute Gasteiger partial charge is 0.135 e. The highest BCUT2D eigenvalue weighted by Crippen LogP contribution is 2.09. The van der Waals surface area contributed by atoms with Gasteiger partial charge in [0.05, 0.1) is 6.20 Å². The molecule has 2 aromatic rings. The van der Waals surface area contributed by atoms with Gasteiger partial charge in [0.1, 0.15) is 17.7 Å². The van der Waals surface area contributed by atoms with Crippen LogP contribution >= 0.6 is 0 Å². The van der Waals surface area contributed by atoms with Crippen LogP contribution in [0.5, 0.6) is 0 Å². The number of aromatic amines is 1. The van der Waals surface area contributed by atoms with E-state index in [2.05, 4.69) is 25.1 Å². The van der Waals surface area contributed by atoms with Crippen molar-refractivity contribution in [2.75, 3.05) is 0 Å². The summed E-state index contributed by atoms with van der Waals surface area (Å²) in [7, 11) is 0. The van der Waals surface area contributed by atoms with E-state index in [1.807, 2.05) is 0 Å². The molecule has 0 aliphatic carbocycles. The normalized spacial score (nSPS) is 10.0. The minimum Gasteiger partial charge on any atom is -0.364 e. The van der Waals surface area contributed by atoms with Crippen molar-refractivity contribution in [2.24, 2.45) is 0 Å². The van der Waals surface area contributed by atoms with E-state index in [1.54, 1.807) is 12.3 Å². The molecule has 5 nitrogen and oxygen atoms in total. The maximum Gasteiger partial charge on any atom is 0.135 e. The minimum absolute atomic E-state index is 0.689. The van der Waals surface area contributed by atoms with Crippen LogP contribution in [0, 0.1) is 0 Å². The van der Waals surface area contributed by atoms with Crippen LogP contribution in [0.1, 0.15) is 0 Å². The van der Waals surface area contributed by atoms with E-state index in [-0.39, 0.29) is 0 Å². The Labute approximate surface area is 56.0 Å². The fourth-order valence-electron chi connectivity index (χ4n) is 0.671. The Morgan fingerprint density at radius 2 is 2.40 bits per heavy atom. The predicted octanol–water partition coefficient (Wildman–Crippen LogP) is 0.460. The summed E-state index contributed by atoms with van der Waals surface area (Å²) in [6.07, 6.45) is 3.14. The molecule has 1 N–H and O–H groups in total. The molecular weight excluding hydrogens is 132 g/mol. The lowest BCUT2D eigenvalue weighted by atomic mass is 10.3. The van der Waals surface area contributed by atoms with E-state index in [0.717, 1.165) is 0 Å². The molecule has 50 valence electrons. The lowest BCUT2D eigenvalue weighted by molar-refractivity contribution is 0.422. The van der Waals surface area contributed by atoms with Crippen molar-refractivity contribution in [1.82, 2.24) is 20.6 Å².